The minimum absolute atomic E-state index is 0.244. The van der Waals surface area contributed by atoms with Crippen LogP contribution in [0.3, 0.4) is 0 Å². The first-order chi connectivity index (χ1) is 10.1. The topological polar surface area (TPSA) is 101 Å². The van der Waals surface area contributed by atoms with Crippen molar-refractivity contribution in [3.05, 3.63) is 40.3 Å². The molecule has 108 valence electrons. The highest BCUT2D eigenvalue weighted by atomic mass is 16.5. The minimum Gasteiger partial charge on any atom is -0.496 e. The van der Waals surface area contributed by atoms with E-state index >= 15 is 0 Å². The zero-order chi connectivity index (χ0) is 15.0. The average Bonchev–Trinajstić information content (AvgIpc) is 2.86. The number of aromatic nitrogens is 5. The number of rotatable bonds is 3. The van der Waals surface area contributed by atoms with Gasteiger partial charge in [0.25, 0.3) is 5.56 Å². The van der Waals surface area contributed by atoms with Crippen LogP contribution in [0.1, 0.15) is 5.56 Å². The normalized spacial score (nSPS) is 11.0. The van der Waals surface area contributed by atoms with Crippen molar-refractivity contribution in [1.29, 1.82) is 0 Å². The third-order valence-electron chi connectivity index (χ3n) is 3.25. The molecule has 2 heterocycles. The number of aryl methyl sites for hydroxylation is 1. The molecule has 0 radical (unpaired) electrons. The number of nitrogens with zero attached hydrogens (tertiary/aromatic N) is 5. The van der Waals surface area contributed by atoms with Gasteiger partial charge in [-0.15, -0.1) is 5.10 Å². The maximum Gasteiger partial charge on any atom is 0.281 e. The molecule has 0 bridgehead atoms. The van der Waals surface area contributed by atoms with E-state index in [0.29, 0.717) is 22.5 Å². The molecule has 0 atom stereocenters. The molecular formula is C13H14N6O2. The lowest BCUT2D eigenvalue weighted by molar-refractivity contribution is 0.406. The van der Waals surface area contributed by atoms with Gasteiger partial charge in [0.15, 0.2) is 5.65 Å². The highest BCUT2D eigenvalue weighted by molar-refractivity contribution is 5.72. The van der Waals surface area contributed by atoms with Gasteiger partial charge < -0.3 is 10.5 Å². The summed E-state index contributed by atoms with van der Waals surface area (Å²) < 4.78 is 8.06. The molecule has 21 heavy (non-hydrogen) atoms. The van der Waals surface area contributed by atoms with Crippen LogP contribution in [0, 0.1) is 0 Å². The first kappa shape index (κ1) is 13.1. The highest BCUT2D eigenvalue weighted by Gasteiger charge is 2.11. The molecule has 0 aliphatic rings. The van der Waals surface area contributed by atoms with E-state index < -0.39 is 0 Å². The second kappa shape index (κ2) is 4.89. The number of methoxy groups -OCH3 is 1. The molecule has 2 aromatic heterocycles. The Labute approximate surface area is 119 Å². The predicted octanol–water partition coefficient (Wildman–Crippen LogP) is 0.164. The van der Waals surface area contributed by atoms with Gasteiger partial charge in [-0.1, -0.05) is 11.3 Å². The fourth-order valence-electron chi connectivity index (χ4n) is 2.13. The average molecular weight is 286 g/mol. The molecule has 1 aromatic carbocycles. The Morgan fingerprint density at radius 2 is 2.19 bits per heavy atom. The van der Waals surface area contributed by atoms with Gasteiger partial charge in [-0.2, -0.15) is 5.10 Å². The van der Waals surface area contributed by atoms with E-state index in [1.807, 2.05) is 0 Å². The fourth-order valence-corrected chi connectivity index (χ4v) is 2.13. The quantitative estimate of drug-likeness (QED) is 0.688. The number of hydrogen-bond donors (Lipinski definition) is 1. The summed E-state index contributed by atoms with van der Waals surface area (Å²) in [7, 11) is 3.26. The van der Waals surface area contributed by atoms with Crippen LogP contribution in [0.25, 0.3) is 11.0 Å². The van der Waals surface area contributed by atoms with E-state index in [0.717, 1.165) is 5.56 Å². The molecular weight excluding hydrogens is 272 g/mol. The third-order valence-corrected chi connectivity index (χ3v) is 3.25. The van der Waals surface area contributed by atoms with Gasteiger partial charge >= 0.3 is 0 Å². The lowest BCUT2D eigenvalue weighted by atomic mass is 10.2. The summed E-state index contributed by atoms with van der Waals surface area (Å²) in [5.74, 6) is 0.606. The summed E-state index contributed by atoms with van der Waals surface area (Å²) in [4.78, 5) is 12.4. The zero-order valence-electron chi connectivity index (χ0n) is 11.6. The van der Waals surface area contributed by atoms with Gasteiger partial charge in [0.1, 0.15) is 11.1 Å². The van der Waals surface area contributed by atoms with Gasteiger partial charge in [0.2, 0.25) is 0 Å². The summed E-state index contributed by atoms with van der Waals surface area (Å²) in [5, 5.41) is 12.4. The number of nitrogen functional groups attached to an aromatic ring is 1. The van der Waals surface area contributed by atoms with E-state index in [1.165, 1.54) is 15.6 Å². The lowest BCUT2D eigenvalue weighted by Crippen LogP contribution is -2.25. The summed E-state index contributed by atoms with van der Waals surface area (Å²) in [5.41, 5.74) is 7.32. The van der Waals surface area contributed by atoms with Gasteiger partial charge in [0.05, 0.1) is 19.9 Å². The van der Waals surface area contributed by atoms with E-state index in [2.05, 4.69) is 15.4 Å². The summed E-state index contributed by atoms with van der Waals surface area (Å²) >= 11 is 0. The Morgan fingerprint density at radius 3 is 2.95 bits per heavy atom. The van der Waals surface area contributed by atoms with Crippen LogP contribution in [0.5, 0.6) is 5.75 Å². The molecule has 0 aliphatic heterocycles. The van der Waals surface area contributed by atoms with Crippen LogP contribution < -0.4 is 16.0 Å². The van der Waals surface area contributed by atoms with Crippen LogP contribution in [0.2, 0.25) is 0 Å². The zero-order valence-corrected chi connectivity index (χ0v) is 11.6. The molecule has 0 amide bonds. The maximum atomic E-state index is 12.4. The standard InChI is InChI=1S/C13H14N6O2/c1-18-12-10(6-15-18)13(20)19(17-16-12)7-8-3-4-9(14)5-11(8)21-2/h3-6H,7,14H2,1-2H3. The number of fused-ring (bicyclic) bond motifs is 1. The van der Waals surface area contributed by atoms with Crippen LogP contribution in [-0.4, -0.2) is 31.9 Å². The lowest BCUT2D eigenvalue weighted by Gasteiger charge is -2.09. The van der Waals surface area contributed by atoms with Crippen molar-refractivity contribution in [1.82, 2.24) is 24.8 Å². The molecule has 0 saturated heterocycles. The van der Waals surface area contributed by atoms with Gasteiger partial charge in [0, 0.05) is 24.4 Å². The second-order valence-corrected chi connectivity index (χ2v) is 4.63. The molecule has 2 N–H and O–H groups in total. The van der Waals surface area contributed by atoms with Crippen molar-refractivity contribution in [3.63, 3.8) is 0 Å². The molecule has 0 spiro atoms. The van der Waals surface area contributed by atoms with Crippen LogP contribution in [-0.2, 0) is 13.6 Å². The van der Waals surface area contributed by atoms with Crippen LogP contribution >= 0.6 is 0 Å². The number of benzene rings is 1. The van der Waals surface area contributed by atoms with Crippen molar-refractivity contribution in [2.24, 2.45) is 7.05 Å². The number of hydrogen-bond acceptors (Lipinski definition) is 6. The summed E-state index contributed by atoms with van der Waals surface area (Å²) in [6, 6.07) is 5.26. The summed E-state index contributed by atoms with van der Waals surface area (Å²) in [6.07, 6.45) is 1.49. The SMILES string of the molecule is COc1cc(N)ccc1Cn1nnc2c(cnn2C)c1=O. The van der Waals surface area contributed by atoms with Gasteiger partial charge in [-0.3, -0.25) is 4.79 Å². The molecule has 0 aliphatic carbocycles. The number of ether oxygens (including phenoxy) is 1. The Balaban J connectivity index is 2.06. The highest BCUT2D eigenvalue weighted by Crippen LogP contribution is 2.21. The molecule has 0 unspecified atom stereocenters. The smallest absolute Gasteiger partial charge is 0.281 e. The van der Waals surface area contributed by atoms with Crippen molar-refractivity contribution < 1.29 is 4.74 Å². The van der Waals surface area contributed by atoms with Crippen molar-refractivity contribution >= 4 is 16.7 Å². The molecule has 0 fully saturated rings. The van der Waals surface area contributed by atoms with E-state index in [9.17, 15) is 4.79 Å². The van der Waals surface area contributed by atoms with E-state index in [-0.39, 0.29) is 12.1 Å². The monoisotopic (exact) mass is 286 g/mol. The Hall–Kier alpha value is -2.90. The predicted molar refractivity (Wildman–Crippen MR) is 77.1 cm³/mol. The van der Waals surface area contributed by atoms with E-state index in [1.54, 1.807) is 32.4 Å². The fraction of sp³-hybridized carbons (Fsp3) is 0.231. The number of anilines is 1. The minimum atomic E-state index is -0.244. The van der Waals surface area contributed by atoms with Crippen LogP contribution in [0.4, 0.5) is 5.69 Å². The number of nitrogens with two attached hydrogens (primary N) is 1. The maximum absolute atomic E-state index is 12.4. The molecule has 8 heteroatoms. The summed E-state index contributed by atoms with van der Waals surface area (Å²) in [6.45, 7) is 0.250. The van der Waals surface area contributed by atoms with Crippen molar-refractivity contribution in [2.45, 2.75) is 6.54 Å². The Morgan fingerprint density at radius 1 is 1.38 bits per heavy atom. The van der Waals surface area contributed by atoms with Crippen molar-refractivity contribution in [3.8, 4) is 5.75 Å². The van der Waals surface area contributed by atoms with Gasteiger partial charge in [-0.05, 0) is 6.07 Å². The Kier molecular flexibility index (Phi) is 3.05. The molecule has 3 aromatic rings. The van der Waals surface area contributed by atoms with Crippen LogP contribution in [0.15, 0.2) is 29.2 Å². The molecule has 3 rings (SSSR count). The first-order valence-electron chi connectivity index (χ1n) is 6.28. The third kappa shape index (κ3) is 2.20. The second-order valence-electron chi connectivity index (χ2n) is 4.63. The van der Waals surface area contributed by atoms with E-state index in [4.69, 9.17) is 10.5 Å². The molecule has 0 saturated carbocycles. The molecule has 8 nitrogen and oxygen atoms in total. The first-order valence-corrected chi connectivity index (χ1v) is 6.28. The van der Waals surface area contributed by atoms with Crippen molar-refractivity contribution in [2.75, 3.05) is 12.8 Å². The Bertz CT molecular complexity index is 867. The van der Waals surface area contributed by atoms with Gasteiger partial charge in [-0.25, -0.2) is 9.36 Å². The largest absolute Gasteiger partial charge is 0.496 e.